The van der Waals surface area contributed by atoms with Crippen LogP contribution in [0.15, 0.2) is 11.4 Å². The van der Waals surface area contributed by atoms with E-state index in [1.807, 2.05) is 0 Å². The molecule has 2 N–H and O–H groups in total. The second kappa shape index (κ2) is 4.74. The van der Waals surface area contributed by atoms with Gasteiger partial charge in [-0.2, -0.15) is 0 Å². The van der Waals surface area contributed by atoms with Crippen molar-refractivity contribution in [3.05, 3.63) is 21.9 Å². The van der Waals surface area contributed by atoms with Crippen LogP contribution >= 0.6 is 11.3 Å². The van der Waals surface area contributed by atoms with Gasteiger partial charge in [-0.1, -0.05) is 6.92 Å². The van der Waals surface area contributed by atoms with Gasteiger partial charge in [-0.25, -0.2) is 0 Å². The lowest BCUT2D eigenvalue weighted by Gasteiger charge is -2.21. The Morgan fingerprint density at radius 1 is 1.62 bits per heavy atom. The van der Waals surface area contributed by atoms with Crippen molar-refractivity contribution >= 4 is 11.3 Å². The largest absolute Gasteiger partial charge is 0.379 e. The highest BCUT2D eigenvalue weighted by atomic mass is 32.1. The van der Waals surface area contributed by atoms with E-state index in [1.165, 1.54) is 10.4 Å². The minimum Gasteiger partial charge on any atom is -0.379 e. The zero-order valence-electron chi connectivity index (χ0n) is 8.41. The van der Waals surface area contributed by atoms with E-state index in [0.717, 1.165) is 6.42 Å². The Kier molecular flexibility index (Phi) is 3.90. The predicted molar refractivity (Wildman–Crippen MR) is 57.1 cm³/mol. The summed E-state index contributed by atoms with van der Waals surface area (Å²) in [5.74, 6) is 0. The van der Waals surface area contributed by atoms with Gasteiger partial charge < -0.3 is 10.5 Å². The number of rotatable bonds is 4. The van der Waals surface area contributed by atoms with Crippen LogP contribution in [0.4, 0.5) is 0 Å². The van der Waals surface area contributed by atoms with E-state index in [4.69, 9.17) is 10.5 Å². The summed E-state index contributed by atoms with van der Waals surface area (Å²) in [4.78, 5) is 1.29. The molecule has 0 amide bonds. The minimum atomic E-state index is 0.0150. The van der Waals surface area contributed by atoms with Crippen molar-refractivity contribution in [3.8, 4) is 0 Å². The Morgan fingerprint density at radius 2 is 2.31 bits per heavy atom. The van der Waals surface area contributed by atoms with Crippen LogP contribution in [0, 0.1) is 6.92 Å². The lowest BCUT2D eigenvalue weighted by atomic mass is 10.0. The number of aryl methyl sites for hydroxylation is 1. The first-order valence-electron chi connectivity index (χ1n) is 4.53. The van der Waals surface area contributed by atoms with Crippen molar-refractivity contribution in [2.45, 2.75) is 32.4 Å². The second-order valence-electron chi connectivity index (χ2n) is 3.14. The maximum atomic E-state index is 6.09. The highest BCUT2D eigenvalue weighted by Gasteiger charge is 2.19. The molecular weight excluding hydrogens is 182 g/mol. The predicted octanol–water partition coefficient (Wildman–Crippen LogP) is 2.48. The summed E-state index contributed by atoms with van der Waals surface area (Å²) in [5, 5.41) is 2.08. The highest BCUT2D eigenvalue weighted by molar-refractivity contribution is 7.10. The number of methoxy groups -OCH3 is 1. The van der Waals surface area contributed by atoms with Crippen LogP contribution in [0.5, 0.6) is 0 Å². The lowest BCUT2D eigenvalue weighted by Crippen LogP contribution is -2.27. The Morgan fingerprint density at radius 3 is 2.69 bits per heavy atom. The monoisotopic (exact) mass is 199 g/mol. The van der Waals surface area contributed by atoms with Crippen LogP contribution in [0.3, 0.4) is 0 Å². The van der Waals surface area contributed by atoms with Gasteiger partial charge in [0.05, 0.1) is 12.1 Å². The molecule has 1 rings (SSSR count). The first kappa shape index (κ1) is 10.7. The van der Waals surface area contributed by atoms with Gasteiger partial charge in [0, 0.05) is 12.0 Å². The van der Waals surface area contributed by atoms with Gasteiger partial charge in [-0.05, 0) is 30.4 Å². The topological polar surface area (TPSA) is 35.2 Å². The highest BCUT2D eigenvalue weighted by Crippen LogP contribution is 2.25. The van der Waals surface area contributed by atoms with E-state index < -0.39 is 0 Å². The van der Waals surface area contributed by atoms with Gasteiger partial charge in [0.1, 0.15) is 0 Å². The van der Waals surface area contributed by atoms with Crippen LogP contribution in [0.25, 0.3) is 0 Å². The number of thiophene rings is 1. The summed E-state index contributed by atoms with van der Waals surface area (Å²) in [6.07, 6.45) is 1.08. The van der Waals surface area contributed by atoms with Crippen LogP contribution < -0.4 is 5.73 Å². The maximum Gasteiger partial charge on any atom is 0.0761 e. The minimum absolute atomic E-state index is 0.0150. The van der Waals surface area contributed by atoms with Crippen molar-refractivity contribution in [1.82, 2.24) is 0 Å². The van der Waals surface area contributed by atoms with Crippen LogP contribution in [-0.2, 0) is 4.74 Å². The second-order valence-corrected chi connectivity index (χ2v) is 4.26. The molecule has 0 fully saturated rings. The molecule has 0 aliphatic rings. The van der Waals surface area contributed by atoms with Crippen molar-refractivity contribution in [2.75, 3.05) is 7.11 Å². The quantitative estimate of drug-likeness (QED) is 0.808. The van der Waals surface area contributed by atoms with Gasteiger partial charge in [0.2, 0.25) is 0 Å². The lowest BCUT2D eigenvalue weighted by molar-refractivity contribution is 0.0771. The molecule has 0 aromatic carbocycles. The molecule has 0 bridgehead atoms. The summed E-state index contributed by atoms with van der Waals surface area (Å²) in [7, 11) is 1.72. The fourth-order valence-electron chi connectivity index (χ4n) is 1.51. The molecule has 1 aromatic heterocycles. The van der Waals surface area contributed by atoms with Gasteiger partial charge in [-0.3, -0.25) is 0 Å². The van der Waals surface area contributed by atoms with Crippen molar-refractivity contribution in [3.63, 3.8) is 0 Å². The van der Waals surface area contributed by atoms with Gasteiger partial charge in [0.25, 0.3) is 0 Å². The maximum absolute atomic E-state index is 6.09. The normalized spacial score (nSPS) is 15.7. The Labute approximate surface area is 83.7 Å². The first-order valence-corrected chi connectivity index (χ1v) is 5.41. The number of nitrogens with two attached hydrogens (primary N) is 1. The van der Waals surface area contributed by atoms with Gasteiger partial charge >= 0.3 is 0 Å². The van der Waals surface area contributed by atoms with E-state index in [0.29, 0.717) is 0 Å². The fraction of sp³-hybridized carbons (Fsp3) is 0.600. The first-order chi connectivity index (χ1) is 6.20. The molecular formula is C10H17NOS. The zero-order valence-corrected chi connectivity index (χ0v) is 9.23. The standard InChI is InChI=1S/C10H17NOS/c1-4-9(12-3)10(11)8-5-6-13-7(8)2/h5-6,9-10H,4,11H2,1-3H3. The third-order valence-electron chi connectivity index (χ3n) is 2.36. The zero-order chi connectivity index (χ0) is 9.84. The summed E-state index contributed by atoms with van der Waals surface area (Å²) < 4.78 is 5.32. The number of hydrogen-bond donors (Lipinski definition) is 1. The summed E-state index contributed by atoms with van der Waals surface area (Å²) in [6.45, 7) is 4.19. The van der Waals surface area contributed by atoms with Crippen molar-refractivity contribution in [1.29, 1.82) is 0 Å². The van der Waals surface area contributed by atoms with Crippen LogP contribution in [0.2, 0.25) is 0 Å². The van der Waals surface area contributed by atoms with E-state index in [-0.39, 0.29) is 12.1 Å². The molecule has 3 heteroatoms. The van der Waals surface area contributed by atoms with E-state index in [2.05, 4.69) is 25.3 Å². The molecule has 0 aliphatic carbocycles. The molecule has 0 spiro atoms. The molecule has 0 saturated heterocycles. The molecule has 0 aliphatic heterocycles. The van der Waals surface area contributed by atoms with Gasteiger partial charge in [-0.15, -0.1) is 11.3 Å². The number of hydrogen-bond acceptors (Lipinski definition) is 3. The van der Waals surface area contributed by atoms with Crippen molar-refractivity contribution in [2.24, 2.45) is 5.73 Å². The summed E-state index contributed by atoms with van der Waals surface area (Å²) in [6, 6.07) is 2.10. The van der Waals surface area contributed by atoms with Gasteiger partial charge in [0.15, 0.2) is 0 Å². The SMILES string of the molecule is CCC(OC)C(N)c1ccsc1C. The number of ether oxygens (including phenoxy) is 1. The molecule has 0 radical (unpaired) electrons. The Hall–Kier alpha value is -0.380. The Balaban J connectivity index is 2.77. The summed E-state index contributed by atoms with van der Waals surface area (Å²) >= 11 is 1.74. The smallest absolute Gasteiger partial charge is 0.0761 e. The third kappa shape index (κ3) is 2.30. The van der Waals surface area contributed by atoms with E-state index >= 15 is 0 Å². The molecule has 2 nitrogen and oxygen atoms in total. The third-order valence-corrected chi connectivity index (χ3v) is 3.23. The molecule has 74 valence electrons. The molecule has 2 unspecified atom stereocenters. The van der Waals surface area contributed by atoms with E-state index in [9.17, 15) is 0 Å². The summed E-state index contributed by atoms with van der Waals surface area (Å²) in [5.41, 5.74) is 7.31. The molecule has 0 saturated carbocycles. The molecule has 1 aromatic rings. The molecule has 1 heterocycles. The Bertz CT molecular complexity index is 255. The average Bonchev–Trinajstić information content (AvgIpc) is 2.53. The van der Waals surface area contributed by atoms with E-state index in [1.54, 1.807) is 18.4 Å². The molecule has 2 atom stereocenters. The fourth-order valence-corrected chi connectivity index (χ4v) is 2.27. The van der Waals surface area contributed by atoms with Crippen LogP contribution in [-0.4, -0.2) is 13.2 Å². The van der Waals surface area contributed by atoms with Crippen LogP contribution in [0.1, 0.15) is 29.8 Å². The average molecular weight is 199 g/mol. The molecule has 13 heavy (non-hydrogen) atoms. The van der Waals surface area contributed by atoms with Crippen molar-refractivity contribution < 1.29 is 4.74 Å².